The minimum absolute atomic E-state index is 0.184. The molecule has 0 bridgehead atoms. The van der Waals surface area contributed by atoms with Crippen LogP contribution in [0.25, 0.3) is 0 Å². The molecular formula is C14H18O4. The Bertz CT molecular complexity index is 377. The second kappa shape index (κ2) is 7.48. The monoisotopic (exact) mass is 250 g/mol. The van der Waals surface area contributed by atoms with Crippen LogP contribution >= 0.6 is 0 Å². The zero-order chi connectivity index (χ0) is 13.4. The Morgan fingerprint density at radius 1 is 0.889 bits per heavy atom. The first-order valence-electron chi connectivity index (χ1n) is 6.09. The van der Waals surface area contributed by atoms with E-state index in [0.29, 0.717) is 12.8 Å². The molecule has 0 saturated heterocycles. The van der Waals surface area contributed by atoms with Gasteiger partial charge in [0.15, 0.2) is 0 Å². The minimum Gasteiger partial charge on any atom is -0.481 e. The number of rotatable bonds is 8. The van der Waals surface area contributed by atoms with Gasteiger partial charge in [0.25, 0.3) is 0 Å². The van der Waals surface area contributed by atoms with Crippen molar-refractivity contribution in [2.45, 2.75) is 38.5 Å². The zero-order valence-corrected chi connectivity index (χ0v) is 10.3. The van der Waals surface area contributed by atoms with Crippen LogP contribution in [0.3, 0.4) is 0 Å². The Hall–Kier alpha value is -1.84. The van der Waals surface area contributed by atoms with Gasteiger partial charge in [-0.05, 0) is 36.8 Å². The van der Waals surface area contributed by atoms with Crippen molar-refractivity contribution < 1.29 is 19.8 Å². The molecule has 0 saturated carbocycles. The van der Waals surface area contributed by atoms with Gasteiger partial charge in [0.05, 0.1) is 0 Å². The van der Waals surface area contributed by atoms with Crippen LogP contribution in [-0.2, 0) is 22.4 Å². The highest BCUT2D eigenvalue weighted by Crippen LogP contribution is 2.11. The highest BCUT2D eigenvalue weighted by molar-refractivity contribution is 5.66. The lowest BCUT2D eigenvalue weighted by molar-refractivity contribution is -0.138. The van der Waals surface area contributed by atoms with Crippen LogP contribution in [0.15, 0.2) is 24.3 Å². The van der Waals surface area contributed by atoms with Crippen LogP contribution in [0.4, 0.5) is 0 Å². The molecule has 98 valence electrons. The van der Waals surface area contributed by atoms with E-state index in [1.54, 1.807) is 0 Å². The van der Waals surface area contributed by atoms with Crippen molar-refractivity contribution in [3.8, 4) is 0 Å². The topological polar surface area (TPSA) is 74.6 Å². The molecule has 0 atom stereocenters. The van der Waals surface area contributed by atoms with Crippen LogP contribution in [0.5, 0.6) is 0 Å². The quantitative estimate of drug-likeness (QED) is 0.743. The molecule has 0 spiro atoms. The Kier molecular flexibility index (Phi) is 5.91. The first-order valence-corrected chi connectivity index (χ1v) is 6.09. The Balaban J connectivity index is 2.41. The van der Waals surface area contributed by atoms with Crippen molar-refractivity contribution >= 4 is 11.9 Å². The second-order valence-electron chi connectivity index (χ2n) is 4.31. The normalized spacial score (nSPS) is 10.2. The molecule has 0 fully saturated rings. The van der Waals surface area contributed by atoms with E-state index in [4.69, 9.17) is 10.2 Å². The standard InChI is InChI=1S/C14H18O4/c15-13(16)8-2-6-11-4-1-5-12(10-11)7-3-9-14(17)18/h1,4-5,10H,2-3,6-9H2,(H,15,16)(H,17,18). The van der Waals surface area contributed by atoms with E-state index in [0.717, 1.165) is 24.0 Å². The Morgan fingerprint density at radius 3 is 1.72 bits per heavy atom. The maximum atomic E-state index is 10.4. The molecule has 1 aromatic carbocycles. The van der Waals surface area contributed by atoms with Crippen LogP contribution in [0.2, 0.25) is 0 Å². The molecule has 0 amide bonds. The van der Waals surface area contributed by atoms with Gasteiger partial charge in [-0.3, -0.25) is 9.59 Å². The van der Waals surface area contributed by atoms with E-state index in [2.05, 4.69) is 0 Å². The van der Waals surface area contributed by atoms with Crippen molar-refractivity contribution in [2.24, 2.45) is 0 Å². The summed E-state index contributed by atoms with van der Waals surface area (Å²) in [5.74, 6) is -1.54. The molecule has 0 heterocycles. The van der Waals surface area contributed by atoms with E-state index in [-0.39, 0.29) is 12.8 Å². The zero-order valence-electron chi connectivity index (χ0n) is 10.3. The predicted octanol–water partition coefficient (Wildman–Crippen LogP) is 2.50. The molecular weight excluding hydrogens is 232 g/mol. The molecule has 0 aliphatic heterocycles. The maximum absolute atomic E-state index is 10.4. The Morgan fingerprint density at radius 2 is 1.33 bits per heavy atom. The van der Waals surface area contributed by atoms with E-state index in [1.807, 2.05) is 24.3 Å². The van der Waals surface area contributed by atoms with Crippen LogP contribution in [0, 0.1) is 0 Å². The summed E-state index contributed by atoms with van der Waals surface area (Å²) in [6.07, 6.45) is 3.13. The van der Waals surface area contributed by atoms with E-state index < -0.39 is 11.9 Å². The number of carboxylic acid groups (broad SMARTS) is 2. The summed E-state index contributed by atoms with van der Waals surface area (Å²) in [5, 5.41) is 17.1. The van der Waals surface area contributed by atoms with E-state index in [9.17, 15) is 9.59 Å². The summed E-state index contributed by atoms with van der Waals surface area (Å²) in [5.41, 5.74) is 2.23. The number of aryl methyl sites for hydroxylation is 2. The lowest BCUT2D eigenvalue weighted by Crippen LogP contribution is -1.98. The molecule has 0 radical (unpaired) electrons. The molecule has 4 heteroatoms. The third kappa shape index (κ3) is 6.03. The number of carbonyl (C=O) groups is 2. The van der Waals surface area contributed by atoms with Crippen molar-refractivity contribution in [2.75, 3.05) is 0 Å². The molecule has 0 aliphatic rings. The number of aliphatic carboxylic acids is 2. The van der Waals surface area contributed by atoms with Gasteiger partial charge in [-0.25, -0.2) is 0 Å². The summed E-state index contributed by atoms with van der Waals surface area (Å²) in [6.45, 7) is 0. The van der Waals surface area contributed by atoms with Gasteiger partial charge >= 0.3 is 11.9 Å². The second-order valence-corrected chi connectivity index (χ2v) is 4.31. The number of hydrogen-bond acceptors (Lipinski definition) is 2. The molecule has 4 nitrogen and oxygen atoms in total. The van der Waals surface area contributed by atoms with Crippen molar-refractivity contribution in [3.63, 3.8) is 0 Å². The highest BCUT2D eigenvalue weighted by atomic mass is 16.4. The van der Waals surface area contributed by atoms with Gasteiger partial charge < -0.3 is 10.2 Å². The first-order chi connectivity index (χ1) is 8.58. The summed E-state index contributed by atoms with van der Waals surface area (Å²) >= 11 is 0. The fourth-order valence-electron chi connectivity index (χ4n) is 1.83. The summed E-state index contributed by atoms with van der Waals surface area (Å²) in [4.78, 5) is 20.8. The molecule has 0 unspecified atom stereocenters. The molecule has 2 N–H and O–H groups in total. The van der Waals surface area contributed by atoms with Crippen molar-refractivity contribution in [3.05, 3.63) is 35.4 Å². The Labute approximate surface area is 106 Å². The molecule has 1 rings (SSSR count). The van der Waals surface area contributed by atoms with Gasteiger partial charge in [-0.1, -0.05) is 24.3 Å². The average Bonchev–Trinajstić information content (AvgIpc) is 2.28. The maximum Gasteiger partial charge on any atom is 0.303 e. The lowest BCUT2D eigenvalue weighted by Gasteiger charge is -2.04. The van der Waals surface area contributed by atoms with E-state index >= 15 is 0 Å². The van der Waals surface area contributed by atoms with Crippen LogP contribution < -0.4 is 0 Å². The van der Waals surface area contributed by atoms with Gasteiger partial charge in [0.1, 0.15) is 0 Å². The summed E-state index contributed by atoms with van der Waals surface area (Å²) in [7, 11) is 0. The molecule has 18 heavy (non-hydrogen) atoms. The molecule has 0 aliphatic carbocycles. The van der Waals surface area contributed by atoms with Crippen LogP contribution in [0.1, 0.15) is 36.8 Å². The van der Waals surface area contributed by atoms with Gasteiger partial charge in [0, 0.05) is 12.8 Å². The van der Waals surface area contributed by atoms with Crippen LogP contribution in [-0.4, -0.2) is 22.2 Å². The number of carboxylic acids is 2. The highest BCUT2D eigenvalue weighted by Gasteiger charge is 2.01. The van der Waals surface area contributed by atoms with Gasteiger partial charge in [0.2, 0.25) is 0 Å². The fourth-order valence-corrected chi connectivity index (χ4v) is 1.83. The molecule has 1 aromatic rings. The number of benzene rings is 1. The average molecular weight is 250 g/mol. The third-order valence-corrected chi connectivity index (χ3v) is 2.70. The van der Waals surface area contributed by atoms with Crippen molar-refractivity contribution in [1.29, 1.82) is 0 Å². The SMILES string of the molecule is O=C(O)CCCc1cccc(CCCC(=O)O)c1. The fraction of sp³-hybridized carbons (Fsp3) is 0.429. The predicted molar refractivity (Wildman–Crippen MR) is 67.6 cm³/mol. The molecule has 0 aromatic heterocycles. The van der Waals surface area contributed by atoms with Crippen molar-refractivity contribution in [1.82, 2.24) is 0 Å². The largest absolute Gasteiger partial charge is 0.481 e. The summed E-state index contributed by atoms with van der Waals surface area (Å²) < 4.78 is 0. The third-order valence-electron chi connectivity index (χ3n) is 2.70. The smallest absolute Gasteiger partial charge is 0.303 e. The van der Waals surface area contributed by atoms with Gasteiger partial charge in [-0.2, -0.15) is 0 Å². The lowest BCUT2D eigenvalue weighted by atomic mass is 10.0. The number of hydrogen-bond donors (Lipinski definition) is 2. The minimum atomic E-state index is -0.771. The van der Waals surface area contributed by atoms with Gasteiger partial charge in [-0.15, -0.1) is 0 Å². The van der Waals surface area contributed by atoms with E-state index in [1.165, 1.54) is 0 Å². The summed E-state index contributed by atoms with van der Waals surface area (Å²) in [6, 6.07) is 7.92. The first kappa shape index (κ1) is 14.2.